The lowest BCUT2D eigenvalue weighted by Crippen LogP contribution is -2.05. The summed E-state index contributed by atoms with van der Waals surface area (Å²) in [4.78, 5) is 27.1. The van der Waals surface area contributed by atoms with E-state index in [0.29, 0.717) is 34.2 Å². The van der Waals surface area contributed by atoms with Gasteiger partial charge in [0.15, 0.2) is 0 Å². The molecule has 38 heavy (non-hydrogen) atoms. The van der Waals surface area contributed by atoms with Crippen LogP contribution in [0.15, 0.2) is 107 Å². The fourth-order valence-electron chi connectivity index (χ4n) is 2.80. The summed E-state index contributed by atoms with van der Waals surface area (Å²) < 4.78 is 21.5. The van der Waals surface area contributed by atoms with Crippen molar-refractivity contribution in [3.63, 3.8) is 0 Å². The molecule has 0 aliphatic rings. The maximum Gasteiger partial charge on any atom is 0.240 e. The fraction of sp³-hybridized carbons (Fsp3) is 0.0714. The molecule has 10 nitrogen and oxygen atoms in total. The molecule has 0 atom stereocenters. The normalized spacial score (nSPS) is 9.47. The molecule has 0 aromatic heterocycles. The van der Waals surface area contributed by atoms with E-state index in [1.807, 2.05) is 0 Å². The molecular formula is C28H24N4O6. The Morgan fingerprint density at radius 3 is 1.00 bits per heavy atom. The lowest BCUT2D eigenvalue weighted by molar-refractivity contribution is 0.119. The van der Waals surface area contributed by atoms with Crippen LogP contribution in [-0.2, 0) is 9.59 Å². The first-order valence-corrected chi connectivity index (χ1v) is 11.1. The Hall–Kier alpha value is -5.56. The Morgan fingerprint density at radius 1 is 0.474 bits per heavy atom. The van der Waals surface area contributed by atoms with E-state index in [0.717, 1.165) is 11.5 Å². The third-order valence-electron chi connectivity index (χ3n) is 4.69. The van der Waals surface area contributed by atoms with Crippen LogP contribution in [0.1, 0.15) is 0 Å². The minimum absolute atomic E-state index is 0.0204. The molecule has 0 saturated heterocycles. The predicted molar refractivity (Wildman–Crippen MR) is 142 cm³/mol. The number of nitrogens with zero attached hydrogens (tertiary/aromatic N) is 2. The summed E-state index contributed by atoms with van der Waals surface area (Å²) in [5, 5.41) is 0. The van der Waals surface area contributed by atoms with Crippen LogP contribution in [0.3, 0.4) is 0 Å². The number of isocyanates is 2. The molecule has 4 aromatic rings. The van der Waals surface area contributed by atoms with Crippen molar-refractivity contribution in [3.05, 3.63) is 97.1 Å². The van der Waals surface area contributed by atoms with Gasteiger partial charge in [0, 0.05) is 11.4 Å². The van der Waals surface area contributed by atoms with Crippen LogP contribution in [-0.4, -0.2) is 25.7 Å². The van der Waals surface area contributed by atoms with Crippen molar-refractivity contribution in [1.29, 1.82) is 0 Å². The number of nitrogen functional groups attached to an aromatic ring is 2. The summed E-state index contributed by atoms with van der Waals surface area (Å²) in [6.07, 6.45) is 2.92. The van der Waals surface area contributed by atoms with Crippen molar-refractivity contribution in [2.45, 2.75) is 0 Å². The molecule has 0 radical (unpaired) electrons. The van der Waals surface area contributed by atoms with Crippen molar-refractivity contribution in [3.8, 4) is 23.0 Å². The van der Waals surface area contributed by atoms with Gasteiger partial charge < -0.3 is 30.4 Å². The molecule has 0 unspecified atom stereocenters. The quantitative estimate of drug-likeness (QED) is 0.126. The molecule has 4 aromatic carbocycles. The van der Waals surface area contributed by atoms with Gasteiger partial charge in [-0.1, -0.05) is 0 Å². The second-order valence-corrected chi connectivity index (χ2v) is 7.35. The number of benzene rings is 4. The zero-order valence-electron chi connectivity index (χ0n) is 20.2. The smallest absolute Gasteiger partial charge is 0.240 e. The van der Waals surface area contributed by atoms with Crippen molar-refractivity contribution in [1.82, 2.24) is 0 Å². The number of anilines is 2. The third-order valence-corrected chi connectivity index (χ3v) is 4.69. The number of ether oxygens (including phenoxy) is 4. The van der Waals surface area contributed by atoms with Crippen LogP contribution in [0.2, 0.25) is 0 Å². The average molecular weight is 513 g/mol. The number of hydrogen-bond acceptors (Lipinski definition) is 10. The highest BCUT2D eigenvalue weighted by molar-refractivity contribution is 5.51. The third kappa shape index (κ3) is 9.59. The van der Waals surface area contributed by atoms with Crippen LogP contribution in [0, 0.1) is 0 Å². The fourth-order valence-corrected chi connectivity index (χ4v) is 2.80. The average Bonchev–Trinajstić information content (AvgIpc) is 2.94. The Kier molecular flexibility index (Phi) is 10.5. The Labute approximate surface area is 218 Å². The Bertz CT molecular complexity index is 1260. The van der Waals surface area contributed by atoms with Gasteiger partial charge in [0.05, 0.1) is 11.4 Å². The molecule has 0 spiro atoms. The molecule has 0 bridgehead atoms. The van der Waals surface area contributed by atoms with Crippen molar-refractivity contribution >= 4 is 34.9 Å². The maximum absolute atomic E-state index is 10.1. The monoisotopic (exact) mass is 512 g/mol. The van der Waals surface area contributed by atoms with Gasteiger partial charge in [-0.05, 0) is 97.1 Å². The molecule has 0 aliphatic carbocycles. The standard InChI is InChI=1S/C15H10N2O4.C13H14N2O2/c18-9-16-12-1-5-14(6-2-12)20-11-21-15-7-3-13(4-8-15)17-10-19;14-10-1-5-12(6-2-10)16-9-17-13-7-3-11(15)4-8-13/h1-8H,11H2;1-8H,9,14-15H2. The summed E-state index contributed by atoms with van der Waals surface area (Å²) >= 11 is 0. The molecular weight excluding hydrogens is 488 g/mol. The van der Waals surface area contributed by atoms with Gasteiger partial charge in [-0.2, -0.15) is 9.98 Å². The Balaban J connectivity index is 0.000000215. The summed E-state index contributed by atoms with van der Waals surface area (Å²) in [5.41, 5.74) is 13.5. The highest BCUT2D eigenvalue weighted by Gasteiger charge is 1.98. The number of hydrogen-bond donors (Lipinski definition) is 2. The molecule has 4 N–H and O–H groups in total. The van der Waals surface area contributed by atoms with Crippen LogP contribution < -0.4 is 30.4 Å². The van der Waals surface area contributed by atoms with Crippen molar-refractivity contribution in [2.24, 2.45) is 9.98 Å². The summed E-state index contributed by atoms with van der Waals surface area (Å²) in [6.45, 7) is 0.167. The zero-order valence-corrected chi connectivity index (χ0v) is 20.2. The van der Waals surface area contributed by atoms with Crippen molar-refractivity contribution < 1.29 is 28.5 Å². The molecule has 0 heterocycles. The minimum atomic E-state index is 0.0204. The van der Waals surface area contributed by atoms with Crippen molar-refractivity contribution in [2.75, 3.05) is 25.1 Å². The topological polar surface area (TPSA) is 148 Å². The van der Waals surface area contributed by atoms with Gasteiger partial charge in [0.25, 0.3) is 0 Å². The summed E-state index contributed by atoms with van der Waals surface area (Å²) in [6, 6.07) is 27.5. The van der Waals surface area contributed by atoms with E-state index >= 15 is 0 Å². The van der Waals surface area contributed by atoms with Crippen LogP contribution >= 0.6 is 0 Å². The second-order valence-electron chi connectivity index (χ2n) is 7.35. The van der Waals surface area contributed by atoms with Gasteiger partial charge in [-0.25, -0.2) is 9.59 Å². The van der Waals surface area contributed by atoms with Crippen LogP contribution in [0.5, 0.6) is 23.0 Å². The lowest BCUT2D eigenvalue weighted by atomic mass is 10.3. The molecule has 192 valence electrons. The van der Waals surface area contributed by atoms with Gasteiger partial charge in [-0.15, -0.1) is 0 Å². The zero-order chi connectivity index (χ0) is 27.0. The van der Waals surface area contributed by atoms with Crippen LogP contribution in [0.4, 0.5) is 22.7 Å². The molecule has 0 fully saturated rings. The highest BCUT2D eigenvalue weighted by atomic mass is 16.7. The van der Waals surface area contributed by atoms with E-state index in [1.54, 1.807) is 97.1 Å². The molecule has 0 saturated carbocycles. The SMILES string of the molecule is Nc1ccc(OCOc2ccc(N)cc2)cc1.O=C=Nc1ccc(OCOc2ccc(N=C=O)cc2)cc1. The van der Waals surface area contributed by atoms with E-state index in [4.69, 9.17) is 30.4 Å². The van der Waals surface area contributed by atoms with E-state index in [-0.39, 0.29) is 13.6 Å². The van der Waals surface area contributed by atoms with Gasteiger partial charge in [0.1, 0.15) is 23.0 Å². The minimum Gasteiger partial charge on any atom is -0.458 e. The van der Waals surface area contributed by atoms with Gasteiger partial charge >= 0.3 is 0 Å². The first-order valence-electron chi connectivity index (χ1n) is 11.1. The number of aliphatic imine (C=N–C) groups is 2. The lowest BCUT2D eigenvalue weighted by Gasteiger charge is -2.08. The second kappa shape index (κ2) is 14.8. The Morgan fingerprint density at radius 2 is 0.737 bits per heavy atom. The maximum atomic E-state index is 10.1. The molecule has 0 amide bonds. The van der Waals surface area contributed by atoms with Crippen LogP contribution in [0.25, 0.3) is 0 Å². The molecule has 4 rings (SSSR count). The summed E-state index contributed by atoms with van der Waals surface area (Å²) in [5.74, 6) is 2.60. The number of nitrogens with two attached hydrogens (primary N) is 2. The first-order chi connectivity index (χ1) is 18.6. The molecule has 10 heteroatoms. The van der Waals surface area contributed by atoms with Gasteiger partial charge in [-0.3, -0.25) is 0 Å². The first kappa shape index (κ1) is 27.0. The van der Waals surface area contributed by atoms with E-state index in [2.05, 4.69) is 9.98 Å². The number of rotatable bonds is 10. The van der Waals surface area contributed by atoms with E-state index in [9.17, 15) is 9.59 Å². The number of carbonyl (C=O) groups excluding carboxylic acids is 2. The van der Waals surface area contributed by atoms with E-state index in [1.165, 1.54) is 12.2 Å². The highest BCUT2D eigenvalue weighted by Crippen LogP contribution is 2.20. The summed E-state index contributed by atoms with van der Waals surface area (Å²) in [7, 11) is 0. The van der Waals surface area contributed by atoms with Gasteiger partial charge in [0.2, 0.25) is 25.7 Å². The van der Waals surface area contributed by atoms with E-state index < -0.39 is 0 Å². The molecule has 0 aliphatic heterocycles. The largest absolute Gasteiger partial charge is 0.458 e. The predicted octanol–water partition coefficient (Wildman–Crippen LogP) is 5.30.